The first-order chi connectivity index (χ1) is 14.3. The Morgan fingerprint density at radius 2 is 2.10 bits per heavy atom. The van der Waals surface area contributed by atoms with Crippen molar-refractivity contribution in [1.82, 2.24) is 9.97 Å². The van der Waals surface area contributed by atoms with Crippen molar-refractivity contribution in [3.05, 3.63) is 63.4 Å². The SMILES string of the molecule is O=C(CC1=CCN(c2ccc(C(F)(F)F)cn2)CC1)Nc1ccc2[nH]c(=O)sc2c1. The summed E-state index contributed by atoms with van der Waals surface area (Å²) in [6, 6.07) is 7.61. The van der Waals surface area contributed by atoms with Gasteiger partial charge < -0.3 is 15.2 Å². The number of amides is 1. The molecule has 0 fully saturated rings. The van der Waals surface area contributed by atoms with Crippen LogP contribution in [0.1, 0.15) is 18.4 Å². The maximum absolute atomic E-state index is 12.7. The highest BCUT2D eigenvalue weighted by atomic mass is 32.1. The molecule has 0 saturated carbocycles. The molecule has 156 valence electrons. The number of aromatic nitrogens is 2. The van der Waals surface area contributed by atoms with Gasteiger partial charge in [-0.05, 0) is 36.8 Å². The minimum absolute atomic E-state index is 0.145. The molecule has 2 aromatic heterocycles. The van der Waals surface area contributed by atoms with Crippen LogP contribution in [0.15, 0.2) is 53.0 Å². The van der Waals surface area contributed by atoms with E-state index in [4.69, 9.17) is 0 Å². The molecular formula is C20H17F3N4O2S. The molecule has 1 aromatic carbocycles. The van der Waals surface area contributed by atoms with Crippen LogP contribution in [0.5, 0.6) is 0 Å². The molecule has 3 heterocycles. The van der Waals surface area contributed by atoms with Gasteiger partial charge in [0.15, 0.2) is 0 Å². The molecule has 0 aliphatic carbocycles. The Kier molecular flexibility index (Phi) is 5.33. The molecule has 0 unspecified atom stereocenters. The Labute approximate surface area is 173 Å². The van der Waals surface area contributed by atoms with E-state index in [1.54, 1.807) is 18.2 Å². The minimum atomic E-state index is -4.41. The molecule has 2 N–H and O–H groups in total. The minimum Gasteiger partial charge on any atom is -0.353 e. The van der Waals surface area contributed by atoms with Crippen LogP contribution < -0.4 is 15.1 Å². The number of fused-ring (bicyclic) bond motifs is 1. The van der Waals surface area contributed by atoms with E-state index in [2.05, 4.69) is 15.3 Å². The van der Waals surface area contributed by atoms with Crippen LogP contribution in [-0.4, -0.2) is 29.0 Å². The van der Waals surface area contributed by atoms with Crippen LogP contribution in [-0.2, 0) is 11.0 Å². The zero-order valence-corrected chi connectivity index (χ0v) is 16.4. The number of aromatic amines is 1. The lowest BCUT2D eigenvalue weighted by Crippen LogP contribution is -2.30. The Balaban J connectivity index is 1.35. The number of carbonyl (C=O) groups is 1. The van der Waals surface area contributed by atoms with Crippen LogP contribution in [0.2, 0.25) is 0 Å². The van der Waals surface area contributed by atoms with E-state index in [-0.39, 0.29) is 17.2 Å². The average molecular weight is 434 g/mol. The number of nitrogens with zero attached hydrogens (tertiary/aromatic N) is 2. The second-order valence-corrected chi connectivity index (χ2v) is 7.93. The van der Waals surface area contributed by atoms with Gasteiger partial charge in [0.05, 0.1) is 15.8 Å². The predicted molar refractivity (Wildman–Crippen MR) is 110 cm³/mol. The topological polar surface area (TPSA) is 78.1 Å². The van der Waals surface area contributed by atoms with Crippen molar-refractivity contribution in [3.8, 4) is 0 Å². The number of nitrogens with one attached hydrogen (secondary N) is 2. The van der Waals surface area contributed by atoms with E-state index in [9.17, 15) is 22.8 Å². The molecule has 10 heteroatoms. The van der Waals surface area contributed by atoms with Gasteiger partial charge in [-0.3, -0.25) is 9.59 Å². The first-order valence-corrected chi connectivity index (χ1v) is 9.98. The fraction of sp³-hybridized carbons (Fsp3) is 0.250. The average Bonchev–Trinajstić information content (AvgIpc) is 3.07. The molecule has 0 atom stereocenters. The molecule has 0 bridgehead atoms. The molecule has 0 saturated heterocycles. The molecule has 3 aromatic rings. The number of benzene rings is 1. The number of hydrogen-bond donors (Lipinski definition) is 2. The van der Waals surface area contributed by atoms with Gasteiger partial charge in [0, 0.05) is 31.4 Å². The summed E-state index contributed by atoms with van der Waals surface area (Å²) in [5.74, 6) is 0.311. The summed E-state index contributed by atoms with van der Waals surface area (Å²) in [6.45, 7) is 1.05. The largest absolute Gasteiger partial charge is 0.417 e. The number of thiazole rings is 1. The van der Waals surface area contributed by atoms with E-state index >= 15 is 0 Å². The van der Waals surface area contributed by atoms with Gasteiger partial charge in [0.2, 0.25) is 5.91 Å². The van der Waals surface area contributed by atoms with E-state index in [1.165, 1.54) is 6.07 Å². The summed E-state index contributed by atoms with van der Waals surface area (Å²) in [4.78, 5) is 32.1. The van der Waals surface area contributed by atoms with Gasteiger partial charge in [-0.15, -0.1) is 0 Å². The molecule has 1 amide bonds. The highest BCUT2D eigenvalue weighted by molar-refractivity contribution is 7.16. The van der Waals surface area contributed by atoms with E-state index < -0.39 is 11.7 Å². The molecule has 4 rings (SSSR count). The van der Waals surface area contributed by atoms with Crippen LogP contribution in [0.3, 0.4) is 0 Å². The molecule has 30 heavy (non-hydrogen) atoms. The van der Waals surface area contributed by atoms with Crippen LogP contribution in [0.25, 0.3) is 10.2 Å². The standard InChI is InChI=1S/C20H17F3N4O2S/c21-20(22,23)13-1-4-17(24-11-13)27-7-5-12(6-8-27)9-18(28)25-14-2-3-15-16(10-14)30-19(29)26-15/h1-5,10-11H,6-9H2,(H,25,28)(H,26,29). The molecule has 0 spiro atoms. The number of anilines is 2. The molecule has 0 radical (unpaired) electrons. The first-order valence-electron chi connectivity index (χ1n) is 9.17. The monoisotopic (exact) mass is 434 g/mol. The maximum Gasteiger partial charge on any atom is 0.417 e. The zero-order valence-electron chi connectivity index (χ0n) is 15.6. The smallest absolute Gasteiger partial charge is 0.353 e. The number of pyridine rings is 1. The van der Waals surface area contributed by atoms with Gasteiger partial charge in [0.1, 0.15) is 5.82 Å². The van der Waals surface area contributed by atoms with E-state index in [0.717, 1.165) is 39.4 Å². The van der Waals surface area contributed by atoms with Gasteiger partial charge >= 0.3 is 11.0 Å². The number of rotatable bonds is 4. The molecule has 6 nitrogen and oxygen atoms in total. The number of carbonyl (C=O) groups excluding carboxylic acids is 1. The van der Waals surface area contributed by atoms with Crippen molar-refractivity contribution in [1.29, 1.82) is 0 Å². The summed E-state index contributed by atoms with van der Waals surface area (Å²) < 4.78 is 38.7. The first kappa shape index (κ1) is 20.1. The number of alkyl halides is 3. The summed E-state index contributed by atoms with van der Waals surface area (Å²) in [6.07, 6.45) is -0.814. The molecule has 1 aliphatic rings. The lowest BCUT2D eigenvalue weighted by Gasteiger charge is -2.27. The lowest BCUT2D eigenvalue weighted by atomic mass is 10.0. The summed E-state index contributed by atoms with van der Waals surface area (Å²) in [7, 11) is 0. The van der Waals surface area contributed by atoms with Gasteiger partial charge in [-0.1, -0.05) is 23.0 Å². The van der Waals surface area contributed by atoms with Crippen molar-refractivity contribution in [2.24, 2.45) is 0 Å². The third-order valence-electron chi connectivity index (χ3n) is 4.79. The van der Waals surface area contributed by atoms with Crippen LogP contribution in [0, 0.1) is 0 Å². The summed E-state index contributed by atoms with van der Waals surface area (Å²) >= 11 is 1.08. The Morgan fingerprint density at radius 1 is 1.27 bits per heavy atom. The van der Waals surface area contributed by atoms with Crippen molar-refractivity contribution >= 4 is 39.0 Å². The van der Waals surface area contributed by atoms with Gasteiger partial charge in [-0.2, -0.15) is 13.2 Å². The van der Waals surface area contributed by atoms with Crippen LogP contribution >= 0.6 is 11.3 Å². The lowest BCUT2D eigenvalue weighted by molar-refractivity contribution is -0.137. The van der Waals surface area contributed by atoms with Gasteiger partial charge in [-0.25, -0.2) is 4.98 Å². The Hall–Kier alpha value is -3.14. The summed E-state index contributed by atoms with van der Waals surface area (Å²) in [5, 5.41) is 2.83. The number of H-pyrrole nitrogens is 1. The number of halogens is 3. The Morgan fingerprint density at radius 3 is 2.77 bits per heavy atom. The zero-order chi connectivity index (χ0) is 21.3. The Bertz CT molecular complexity index is 1170. The molecular weight excluding hydrogens is 417 g/mol. The third kappa shape index (κ3) is 4.54. The second kappa shape index (κ2) is 7.94. The van der Waals surface area contributed by atoms with Crippen LogP contribution in [0.4, 0.5) is 24.7 Å². The summed E-state index contributed by atoms with van der Waals surface area (Å²) in [5.41, 5.74) is 1.54. The number of hydrogen-bond acceptors (Lipinski definition) is 5. The van der Waals surface area contributed by atoms with Crippen molar-refractivity contribution < 1.29 is 18.0 Å². The maximum atomic E-state index is 12.7. The van der Waals surface area contributed by atoms with Crippen molar-refractivity contribution in [2.75, 3.05) is 23.3 Å². The van der Waals surface area contributed by atoms with Crippen molar-refractivity contribution in [2.45, 2.75) is 19.0 Å². The van der Waals surface area contributed by atoms with Gasteiger partial charge in [0.25, 0.3) is 0 Å². The fourth-order valence-electron chi connectivity index (χ4n) is 3.26. The molecule has 1 aliphatic heterocycles. The quantitative estimate of drug-likeness (QED) is 0.605. The normalized spacial score (nSPS) is 14.6. The fourth-order valence-corrected chi connectivity index (χ4v) is 4.03. The highest BCUT2D eigenvalue weighted by Crippen LogP contribution is 2.30. The van der Waals surface area contributed by atoms with E-state index in [0.29, 0.717) is 31.0 Å². The predicted octanol–water partition coefficient (Wildman–Crippen LogP) is 4.17. The highest BCUT2D eigenvalue weighted by Gasteiger charge is 2.31. The van der Waals surface area contributed by atoms with E-state index in [1.807, 2.05) is 11.0 Å². The second-order valence-electron chi connectivity index (χ2n) is 6.91. The van der Waals surface area contributed by atoms with Crippen molar-refractivity contribution in [3.63, 3.8) is 0 Å². The third-order valence-corrected chi connectivity index (χ3v) is 5.64.